The molecule has 2 nitrogen and oxygen atoms in total. The summed E-state index contributed by atoms with van der Waals surface area (Å²) in [5.41, 5.74) is 7.37. The molecule has 0 amide bonds. The van der Waals surface area contributed by atoms with Gasteiger partial charge in [-0.1, -0.05) is 73.9 Å². The van der Waals surface area contributed by atoms with Gasteiger partial charge in [0.05, 0.1) is 0 Å². The number of rotatable bonds is 0. The van der Waals surface area contributed by atoms with Crippen LogP contribution in [0.2, 0.25) is 0 Å². The highest BCUT2D eigenvalue weighted by Crippen LogP contribution is 2.57. The first-order valence-corrected chi connectivity index (χ1v) is 13.6. The first-order chi connectivity index (χ1) is 16.6. The normalized spacial score (nSPS) is 29.7. The van der Waals surface area contributed by atoms with E-state index in [2.05, 4.69) is 71.1 Å². The van der Waals surface area contributed by atoms with Crippen molar-refractivity contribution in [1.82, 2.24) is 0 Å². The van der Waals surface area contributed by atoms with Crippen LogP contribution in [0.4, 0.5) is 0 Å². The molecule has 4 aliphatic rings. The number of phenolic OH excluding ortho intramolecular Hbond substituents is 1. The van der Waals surface area contributed by atoms with E-state index in [1.807, 2.05) is 6.07 Å². The summed E-state index contributed by atoms with van der Waals surface area (Å²) in [5, 5.41) is 9.64. The highest BCUT2D eigenvalue weighted by atomic mass is 16.3. The Labute approximate surface area is 212 Å². The van der Waals surface area contributed by atoms with Gasteiger partial charge in [-0.3, -0.25) is 4.79 Å². The topological polar surface area (TPSA) is 37.3 Å². The van der Waals surface area contributed by atoms with Gasteiger partial charge in [-0.05, 0) is 99.8 Å². The molecule has 0 aromatic heterocycles. The molecule has 0 aliphatic heterocycles. The molecule has 0 radical (unpaired) electrons. The molecule has 1 aromatic rings. The van der Waals surface area contributed by atoms with E-state index in [0.717, 1.165) is 44.9 Å². The Morgan fingerprint density at radius 1 is 0.943 bits per heavy atom. The van der Waals surface area contributed by atoms with E-state index in [1.165, 1.54) is 40.7 Å². The fourth-order valence-electron chi connectivity index (χ4n) is 6.53. The lowest BCUT2D eigenvalue weighted by Crippen LogP contribution is -2.37. The Kier molecular flexibility index (Phi) is 7.60. The molecule has 2 heteroatoms. The van der Waals surface area contributed by atoms with Gasteiger partial charge in [-0.2, -0.15) is 0 Å². The number of carbonyl (C=O) groups excluding carboxylic acids is 1. The summed E-state index contributed by atoms with van der Waals surface area (Å²) in [6.07, 6.45) is 21.3. The minimum atomic E-state index is -0.100. The third kappa shape index (κ3) is 5.74. The third-order valence-electron chi connectivity index (χ3n) is 8.90. The van der Waals surface area contributed by atoms with Crippen molar-refractivity contribution in [3.8, 4) is 5.75 Å². The van der Waals surface area contributed by atoms with Gasteiger partial charge in [-0.15, -0.1) is 0 Å². The predicted octanol–water partition coefficient (Wildman–Crippen LogP) is 8.77. The molecular formula is C33H44O2. The molecule has 4 aliphatic carbocycles. The van der Waals surface area contributed by atoms with Crippen LogP contribution in [0, 0.1) is 16.7 Å². The summed E-state index contributed by atoms with van der Waals surface area (Å²) in [4.78, 5) is 12.2. The fraction of sp³-hybridized carbons (Fsp3) is 0.545. The van der Waals surface area contributed by atoms with E-state index in [9.17, 15) is 9.90 Å². The Morgan fingerprint density at radius 3 is 2.54 bits per heavy atom. The summed E-state index contributed by atoms with van der Waals surface area (Å²) in [7, 11) is 0. The average molecular weight is 473 g/mol. The molecule has 0 saturated heterocycles. The van der Waals surface area contributed by atoms with Gasteiger partial charge >= 0.3 is 0 Å². The molecule has 0 heterocycles. The molecule has 0 bridgehead atoms. The van der Waals surface area contributed by atoms with Crippen molar-refractivity contribution in [2.75, 3.05) is 0 Å². The summed E-state index contributed by atoms with van der Waals surface area (Å²) in [5.74, 6) is 1.76. The number of fused-ring (bicyclic) bond motifs is 5. The largest absolute Gasteiger partial charge is 0.508 e. The van der Waals surface area contributed by atoms with Crippen LogP contribution in [-0.4, -0.2) is 10.9 Å². The average Bonchev–Trinajstić information content (AvgIpc) is 3.11. The standard InChI is InChI=1S/C18H20O2.C15H24/c1-18-9-8-14-13-5-3-12(19)10-11(13)2-4-15(14)16(18)6-7-17(18)20;1-13-7-5-8-14(2)10-12-15(3,4)11-6-9-13/h3-5,10,14,16,19H,2,6-9H2,1H3;6-7,10-11H,5,8-9,12H2,1-4H3. The Bertz CT molecular complexity index is 1080. The van der Waals surface area contributed by atoms with E-state index in [4.69, 9.17) is 0 Å². The van der Waals surface area contributed by atoms with Gasteiger partial charge in [-0.25, -0.2) is 0 Å². The first-order valence-electron chi connectivity index (χ1n) is 13.6. The minimum Gasteiger partial charge on any atom is -0.508 e. The number of Topliss-reactive ketones (excluding diaryl/α,β-unsaturated/α-hetero) is 1. The van der Waals surface area contributed by atoms with E-state index < -0.39 is 0 Å². The maximum absolute atomic E-state index is 12.2. The van der Waals surface area contributed by atoms with Gasteiger partial charge in [0.25, 0.3) is 0 Å². The SMILES string of the molecule is CC12CCC3C(=CCc4cc(O)ccc43)C1CCC2=O.CC1=CCCC(C)=CCC(C)(C)C=CC1. The highest BCUT2D eigenvalue weighted by Gasteiger charge is 2.52. The van der Waals surface area contributed by atoms with Crippen LogP contribution in [0.1, 0.15) is 103 Å². The molecule has 2 saturated carbocycles. The van der Waals surface area contributed by atoms with Crippen LogP contribution in [-0.2, 0) is 11.2 Å². The molecule has 5 rings (SSSR count). The van der Waals surface area contributed by atoms with Crippen molar-refractivity contribution in [2.45, 2.75) is 98.3 Å². The van der Waals surface area contributed by atoms with Gasteiger partial charge in [0.15, 0.2) is 0 Å². The van der Waals surface area contributed by atoms with Gasteiger partial charge < -0.3 is 5.11 Å². The molecular weight excluding hydrogens is 428 g/mol. The second-order valence-electron chi connectivity index (χ2n) is 12.3. The number of aromatic hydroxyl groups is 1. The monoisotopic (exact) mass is 472 g/mol. The van der Waals surface area contributed by atoms with Crippen molar-refractivity contribution < 1.29 is 9.90 Å². The van der Waals surface area contributed by atoms with Crippen molar-refractivity contribution in [3.05, 3.63) is 76.4 Å². The van der Waals surface area contributed by atoms with Crippen LogP contribution < -0.4 is 0 Å². The molecule has 0 spiro atoms. The number of carbonyl (C=O) groups is 1. The van der Waals surface area contributed by atoms with Crippen LogP contribution >= 0.6 is 0 Å². The molecule has 1 N–H and O–H groups in total. The summed E-state index contributed by atoms with van der Waals surface area (Å²) < 4.78 is 0. The van der Waals surface area contributed by atoms with Crippen LogP contribution in [0.3, 0.4) is 0 Å². The fourth-order valence-corrected chi connectivity index (χ4v) is 6.53. The Balaban J connectivity index is 0.000000174. The van der Waals surface area contributed by atoms with E-state index in [0.29, 0.717) is 28.8 Å². The number of ketones is 1. The zero-order valence-electron chi connectivity index (χ0n) is 22.5. The summed E-state index contributed by atoms with van der Waals surface area (Å²) >= 11 is 0. The van der Waals surface area contributed by atoms with E-state index in [1.54, 1.807) is 6.07 Å². The zero-order chi connectivity index (χ0) is 25.2. The van der Waals surface area contributed by atoms with Gasteiger partial charge in [0.1, 0.15) is 11.5 Å². The third-order valence-corrected chi connectivity index (χ3v) is 8.90. The Morgan fingerprint density at radius 2 is 1.74 bits per heavy atom. The smallest absolute Gasteiger partial charge is 0.139 e. The number of hydrogen-bond acceptors (Lipinski definition) is 2. The number of benzene rings is 1. The van der Waals surface area contributed by atoms with E-state index >= 15 is 0 Å². The van der Waals surface area contributed by atoms with Crippen LogP contribution in [0.15, 0.2) is 65.3 Å². The van der Waals surface area contributed by atoms with Crippen LogP contribution in [0.25, 0.3) is 0 Å². The predicted molar refractivity (Wildman–Crippen MR) is 147 cm³/mol. The lowest BCUT2D eigenvalue weighted by Gasteiger charge is -2.43. The second kappa shape index (κ2) is 10.3. The lowest BCUT2D eigenvalue weighted by molar-refractivity contribution is -0.126. The maximum atomic E-state index is 12.2. The van der Waals surface area contributed by atoms with Crippen molar-refractivity contribution in [1.29, 1.82) is 0 Å². The lowest BCUT2D eigenvalue weighted by atomic mass is 9.60. The molecule has 188 valence electrons. The van der Waals surface area contributed by atoms with Crippen molar-refractivity contribution >= 4 is 5.78 Å². The number of hydrogen-bond donors (Lipinski definition) is 1. The zero-order valence-corrected chi connectivity index (χ0v) is 22.5. The second-order valence-corrected chi connectivity index (χ2v) is 12.3. The van der Waals surface area contributed by atoms with E-state index in [-0.39, 0.29) is 5.41 Å². The number of phenols is 1. The molecule has 3 unspecified atom stereocenters. The Hall–Kier alpha value is -2.35. The molecule has 35 heavy (non-hydrogen) atoms. The van der Waals surface area contributed by atoms with Crippen molar-refractivity contribution in [3.63, 3.8) is 0 Å². The quantitative estimate of drug-likeness (QED) is 0.383. The highest BCUT2D eigenvalue weighted by molar-refractivity contribution is 5.88. The summed E-state index contributed by atoms with van der Waals surface area (Å²) in [6, 6.07) is 5.79. The minimum absolute atomic E-state index is 0.100. The molecule has 3 atom stereocenters. The van der Waals surface area contributed by atoms with Gasteiger partial charge in [0, 0.05) is 17.8 Å². The number of allylic oxidation sites excluding steroid dienone is 8. The first kappa shape index (κ1) is 25.7. The van der Waals surface area contributed by atoms with Gasteiger partial charge in [0.2, 0.25) is 0 Å². The maximum Gasteiger partial charge on any atom is 0.139 e. The molecule has 1 aromatic carbocycles. The molecule has 2 fully saturated rings. The summed E-state index contributed by atoms with van der Waals surface area (Å²) in [6.45, 7) is 11.3. The van der Waals surface area contributed by atoms with Crippen molar-refractivity contribution in [2.24, 2.45) is 16.7 Å². The van der Waals surface area contributed by atoms with Crippen LogP contribution in [0.5, 0.6) is 5.75 Å².